The molecule has 0 saturated heterocycles. The van der Waals surface area contributed by atoms with Crippen molar-refractivity contribution >= 4 is 0 Å². The van der Waals surface area contributed by atoms with Crippen molar-refractivity contribution in [1.29, 1.82) is 0 Å². The standard InChI is InChI=1S/C17H23NO3/c1-4-15(18)17(16-11-6-12(3)20-16)21-14-9-7-13(8-10-14)19-5-2/h6-11,15,17H,4-5,18H2,1-3H3. The van der Waals surface area contributed by atoms with E-state index < -0.39 is 0 Å². The lowest BCUT2D eigenvalue weighted by molar-refractivity contribution is 0.143. The Bertz CT molecular complexity index is 547. The van der Waals surface area contributed by atoms with Crippen molar-refractivity contribution in [2.75, 3.05) is 6.61 Å². The zero-order valence-electron chi connectivity index (χ0n) is 12.8. The summed E-state index contributed by atoms with van der Waals surface area (Å²) >= 11 is 0. The van der Waals surface area contributed by atoms with Crippen LogP contribution in [0.2, 0.25) is 0 Å². The molecule has 2 aromatic rings. The zero-order valence-corrected chi connectivity index (χ0v) is 12.8. The number of nitrogens with two attached hydrogens (primary N) is 1. The van der Waals surface area contributed by atoms with E-state index in [1.54, 1.807) is 0 Å². The minimum atomic E-state index is -0.290. The molecular weight excluding hydrogens is 266 g/mol. The molecule has 2 atom stereocenters. The minimum absolute atomic E-state index is 0.123. The van der Waals surface area contributed by atoms with Gasteiger partial charge in [-0.3, -0.25) is 0 Å². The molecule has 2 unspecified atom stereocenters. The Morgan fingerprint density at radius 1 is 1.05 bits per heavy atom. The fourth-order valence-electron chi connectivity index (χ4n) is 2.10. The van der Waals surface area contributed by atoms with E-state index in [0.717, 1.165) is 29.4 Å². The molecular formula is C17H23NO3. The molecule has 0 amide bonds. The summed E-state index contributed by atoms with van der Waals surface area (Å²) in [5.74, 6) is 3.20. The van der Waals surface area contributed by atoms with Gasteiger partial charge in [-0.15, -0.1) is 0 Å². The van der Waals surface area contributed by atoms with E-state index in [-0.39, 0.29) is 12.1 Å². The van der Waals surface area contributed by atoms with E-state index in [0.29, 0.717) is 6.61 Å². The predicted octanol–water partition coefficient (Wildman–Crippen LogP) is 3.84. The summed E-state index contributed by atoms with van der Waals surface area (Å²) in [5, 5.41) is 0. The molecule has 4 nitrogen and oxygen atoms in total. The molecule has 0 saturated carbocycles. The van der Waals surface area contributed by atoms with E-state index in [1.165, 1.54) is 0 Å². The Labute approximate surface area is 125 Å². The number of hydrogen-bond donors (Lipinski definition) is 1. The molecule has 0 aliphatic heterocycles. The normalized spacial score (nSPS) is 13.7. The van der Waals surface area contributed by atoms with Crippen LogP contribution in [0, 0.1) is 6.92 Å². The lowest BCUT2D eigenvalue weighted by Crippen LogP contribution is -2.31. The molecule has 2 rings (SSSR count). The molecule has 21 heavy (non-hydrogen) atoms. The molecule has 114 valence electrons. The highest BCUT2D eigenvalue weighted by Crippen LogP contribution is 2.28. The highest BCUT2D eigenvalue weighted by Gasteiger charge is 2.23. The van der Waals surface area contributed by atoms with Crippen molar-refractivity contribution in [2.45, 2.75) is 39.3 Å². The van der Waals surface area contributed by atoms with Crippen molar-refractivity contribution in [3.63, 3.8) is 0 Å². The largest absolute Gasteiger partial charge is 0.494 e. The van der Waals surface area contributed by atoms with Crippen LogP contribution in [0.4, 0.5) is 0 Å². The first-order chi connectivity index (χ1) is 10.1. The first-order valence-electron chi connectivity index (χ1n) is 7.35. The first kappa shape index (κ1) is 15.4. The number of furan rings is 1. The van der Waals surface area contributed by atoms with Crippen molar-refractivity contribution in [3.05, 3.63) is 47.9 Å². The number of benzene rings is 1. The van der Waals surface area contributed by atoms with E-state index in [9.17, 15) is 0 Å². The van der Waals surface area contributed by atoms with Gasteiger partial charge in [0, 0.05) is 6.04 Å². The van der Waals surface area contributed by atoms with E-state index >= 15 is 0 Å². The summed E-state index contributed by atoms with van der Waals surface area (Å²) in [6.07, 6.45) is 0.517. The Kier molecular flexibility index (Phi) is 5.28. The van der Waals surface area contributed by atoms with Gasteiger partial charge in [-0.2, -0.15) is 0 Å². The summed E-state index contributed by atoms with van der Waals surface area (Å²) in [5.41, 5.74) is 6.17. The molecule has 1 aromatic heterocycles. The van der Waals surface area contributed by atoms with Gasteiger partial charge in [-0.25, -0.2) is 0 Å². The summed E-state index contributed by atoms with van der Waals surface area (Å²) in [7, 11) is 0. The van der Waals surface area contributed by atoms with Gasteiger partial charge >= 0.3 is 0 Å². The van der Waals surface area contributed by atoms with Crippen molar-refractivity contribution in [3.8, 4) is 11.5 Å². The lowest BCUT2D eigenvalue weighted by Gasteiger charge is -2.22. The summed E-state index contributed by atoms with van der Waals surface area (Å²) in [6.45, 7) is 6.55. The summed E-state index contributed by atoms with van der Waals surface area (Å²) in [6, 6.07) is 11.3. The number of aryl methyl sites for hydroxylation is 1. The molecule has 0 aliphatic carbocycles. The highest BCUT2D eigenvalue weighted by atomic mass is 16.5. The molecule has 1 aromatic carbocycles. The number of ether oxygens (including phenoxy) is 2. The van der Waals surface area contributed by atoms with Gasteiger partial charge in [0.1, 0.15) is 23.0 Å². The third-order valence-corrected chi connectivity index (χ3v) is 3.30. The van der Waals surface area contributed by atoms with Crippen molar-refractivity contribution < 1.29 is 13.9 Å². The Morgan fingerprint density at radius 3 is 2.24 bits per heavy atom. The van der Waals surface area contributed by atoms with Crippen LogP contribution in [0.25, 0.3) is 0 Å². The third kappa shape index (κ3) is 4.02. The SMILES string of the molecule is CCOc1ccc(OC(c2ccc(C)o2)C(N)CC)cc1. The average molecular weight is 289 g/mol. The molecule has 0 aliphatic rings. The predicted molar refractivity (Wildman–Crippen MR) is 82.7 cm³/mol. The van der Waals surface area contributed by atoms with Crippen molar-refractivity contribution in [1.82, 2.24) is 0 Å². The maximum Gasteiger partial charge on any atom is 0.171 e. The lowest BCUT2D eigenvalue weighted by atomic mass is 10.1. The molecule has 1 heterocycles. The average Bonchev–Trinajstić information content (AvgIpc) is 2.92. The van der Waals surface area contributed by atoms with Gasteiger partial charge in [0.05, 0.1) is 6.61 Å². The third-order valence-electron chi connectivity index (χ3n) is 3.30. The minimum Gasteiger partial charge on any atom is -0.494 e. The highest BCUT2D eigenvalue weighted by molar-refractivity contribution is 5.31. The van der Waals surface area contributed by atoms with Gasteiger partial charge < -0.3 is 19.6 Å². The molecule has 0 spiro atoms. The van der Waals surface area contributed by atoms with Crippen LogP contribution in [0.15, 0.2) is 40.8 Å². The van der Waals surface area contributed by atoms with Crippen LogP contribution < -0.4 is 15.2 Å². The van der Waals surface area contributed by atoms with Crippen LogP contribution in [0.5, 0.6) is 11.5 Å². The van der Waals surface area contributed by atoms with E-state index in [1.807, 2.05) is 57.2 Å². The summed E-state index contributed by atoms with van der Waals surface area (Å²) < 4.78 is 17.1. The quantitative estimate of drug-likeness (QED) is 0.841. The Hall–Kier alpha value is -1.94. The second-order valence-corrected chi connectivity index (χ2v) is 4.96. The van der Waals surface area contributed by atoms with Crippen LogP contribution in [0.1, 0.15) is 37.9 Å². The molecule has 2 N–H and O–H groups in total. The number of rotatable bonds is 7. The van der Waals surface area contributed by atoms with Crippen LogP contribution in [-0.4, -0.2) is 12.6 Å². The molecule has 0 fully saturated rings. The zero-order chi connectivity index (χ0) is 15.2. The van der Waals surface area contributed by atoms with Crippen LogP contribution in [0.3, 0.4) is 0 Å². The van der Waals surface area contributed by atoms with Gasteiger partial charge in [-0.1, -0.05) is 6.92 Å². The Balaban J connectivity index is 2.15. The maximum absolute atomic E-state index is 6.17. The smallest absolute Gasteiger partial charge is 0.171 e. The topological polar surface area (TPSA) is 57.6 Å². The van der Waals surface area contributed by atoms with E-state index in [2.05, 4.69) is 0 Å². The van der Waals surface area contributed by atoms with Crippen LogP contribution in [-0.2, 0) is 0 Å². The van der Waals surface area contributed by atoms with Gasteiger partial charge in [0.2, 0.25) is 0 Å². The van der Waals surface area contributed by atoms with Gasteiger partial charge in [0.15, 0.2) is 6.10 Å². The molecule has 4 heteroatoms. The first-order valence-corrected chi connectivity index (χ1v) is 7.35. The van der Waals surface area contributed by atoms with E-state index in [4.69, 9.17) is 19.6 Å². The van der Waals surface area contributed by atoms with Gasteiger partial charge in [0.25, 0.3) is 0 Å². The fraction of sp³-hybridized carbons (Fsp3) is 0.412. The van der Waals surface area contributed by atoms with Crippen molar-refractivity contribution in [2.24, 2.45) is 5.73 Å². The molecule has 0 bridgehead atoms. The second-order valence-electron chi connectivity index (χ2n) is 4.96. The molecule has 0 radical (unpaired) electrons. The number of hydrogen-bond acceptors (Lipinski definition) is 4. The van der Waals surface area contributed by atoms with Gasteiger partial charge in [-0.05, 0) is 56.7 Å². The van der Waals surface area contributed by atoms with Crippen LogP contribution >= 0.6 is 0 Å². The monoisotopic (exact) mass is 289 g/mol. The summed E-state index contributed by atoms with van der Waals surface area (Å²) in [4.78, 5) is 0. The maximum atomic E-state index is 6.17. The Morgan fingerprint density at radius 2 is 1.71 bits per heavy atom. The second kappa shape index (κ2) is 7.18. The fourth-order valence-corrected chi connectivity index (χ4v) is 2.10.